The van der Waals surface area contributed by atoms with Crippen LogP contribution in [0.3, 0.4) is 0 Å². The molecule has 0 fully saturated rings. The summed E-state index contributed by atoms with van der Waals surface area (Å²) in [7, 11) is 0. The average Bonchev–Trinajstić information content (AvgIpc) is 2.71. The molecule has 6 heteroatoms. The molecule has 0 spiro atoms. The second-order valence-corrected chi connectivity index (χ2v) is 2.97. The highest BCUT2D eigenvalue weighted by Crippen LogP contribution is 2.05. The summed E-state index contributed by atoms with van der Waals surface area (Å²) < 4.78 is 1.59. The number of nitro groups is 1. The van der Waals surface area contributed by atoms with Gasteiger partial charge in [-0.25, -0.2) is 9.67 Å². The van der Waals surface area contributed by atoms with Crippen molar-refractivity contribution in [1.82, 2.24) is 14.8 Å². The molecule has 2 heterocycles. The van der Waals surface area contributed by atoms with Gasteiger partial charge in [0.1, 0.15) is 0 Å². The Labute approximate surface area is 85.3 Å². The van der Waals surface area contributed by atoms with Gasteiger partial charge in [0.25, 0.3) is 0 Å². The van der Waals surface area contributed by atoms with Gasteiger partial charge in [-0.1, -0.05) is 0 Å². The van der Waals surface area contributed by atoms with Crippen molar-refractivity contribution in [3.63, 3.8) is 0 Å². The van der Waals surface area contributed by atoms with Crippen molar-refractivity contribution in [1.29, 1.82) is 0 Å². The molecule has 2 rings (SSSR count). The number of hydrogen-bond donors (Lipinski definition) is 0. The molecule has 0 N–H and O–H groups in total. The fourth-order valence-corrected chi connectivity index (χ4v) is 1.20. The minimum absolute atomic E-state index is 0.202. The van der Waals surface area contributed by atoms with Crippen LogP contribution in [-0.4, -0.2) is 19.7 Å². The molecular weight excluding hydrogens is 196 g/mol. The Morgan fingerprint density at radius 1 is 1.47 bits per heavy atom. The zero-order valence-electron chi connectivity index (χ0n) is 7.78. The summed E-state index contributed by atoms with van der Waals surface area (Å²) >= 11 is 0. The molecule has 6 nitrogen and oxygen atoms in total. The van der Waals surface area contributed by atoms with Gasteiger partial charge in [-0.2, -0.15) is 5.10 Å². The van der Waals surface area contributed by atoms with Crippen molar-refractivity contribution in [2.45, 2.75) is 6.54 Å². The molecular formula is C9H8N4O2. The third kappa shape index (κ3) is 2.16. The highest BCUT2D eigenvalue weighted by atomic mass is 16.6. The summed E-state index contributed by atoms with van der Waals surface area (Å²) in [6, 6.07) is 5.16. The maximum Gasteiger partial charge on any atom is 0.230 e. The van der Waals surface area contributed by atoms with Crippen LogP contribution in [0.4, 0.5) is 0 Å². The van der Waals surface area contributed by atoms with Crippen LogP contribution in [0.1, 0.15) is 5.56 Å². The van der Waals surface area contributed by atoms with E-state index in [-0.39, 0.29) is 11.5 Å². The van der Waals surface area contributed by atoms with Crippen LogP contribution in [-0.2, 0) is 6.54 Å². The summed E-state index contributed by atoms with van der Waals surface area (Å²) in [4.78, 5) is 13.9. The number of pyridine rings is 1. The fraction of sp³-hybridized carbons (Fsp3) is 0.111. The second kappa shape index (κ2) is 3.87. The van der Waals surface area contributed by atoms with Crippen LogP contribution in [0.25, 0.3) is 5.82 Å². The van der Waals surface area contributed by atoms with E-state index in [1.807, 2.05) is 0 Å². The van der Waals surface area contributed by atoms with E-state index >= 15 is 0 Å². The number of rotatable bonds is 3. The van der Waals surface area contributed by atoms with Crippen molar-refractivity contribution in [2.24, 2.45) is 0 Å². The highest BCUT2D eigenvalue weighted by molar-refractivity contribution is 5.23. The predicted octanol–water partition coefficient (Wildman–Crippen LogP) is 1.04. The van der Waals surface area contributed by atoms with Gasteiger partial charge in [-0.15, -0.1) is 0 Å². The Morgan fingerprint density at radius 2 is 2.33 bits per heavy atom. The normalized spacial score (nSPS) is 10.1. The molecule has 0 saturated heterocycles. The molecule has 0 saturated carbocycles. The van der Waals surface area contributed by atoms with E-state index in [0.29, 0.717) is 11.4 Å². The fourth-order valence-electron chi connectivity index (χ4n) is 1.20. The Hall–Kier alpha value is -2.24. The van der Waals surface area contributed by atoms with Gasteiger partial charge >= 0.3 is 0 Å². The van der Waals surface area contributed by atoms with E-state index in [9.17, 15) is 10.1 Å². The van der Waals surface area contributed by atoms with E-state index < -0.39 is 0 Å². The lowest BCUT2D eigenvalue weighted by Gasteiger charge is -2.00. The van der Waals surface area contributed by atoms with Crippen LogP contribution in [0, 0.1) is 10.1 Å². The van der Waals surface area contributed by atoms with E-state index in [2.05, 4.69) is 10.1 Å². The van der Waals surface area contributed by atoms with E-state index in [0.717, 1.165) is 0 Å². The topological polar surface area (TPSA) is 73.8 Å². The van der Waals surface area contributed by atoms with Crippen molar-refractivity contribution in [2.75, 3.05) is 0 Å². The van der Waals surface area contributed by atoms with E-state index in [1.54, 1.807) is 35.3 Å². The lowest BCUT2D eigenvalue weighted by atomic mass is 10.3. The lowest BCUT2D eigenvalue weighted by Crippen LogP contribution is -2.01. The highest BCUT2D eigenvalue weighted by Gasteiger charge is 2.02. The van der Waals surface area contributed by atoms with Crippen LogP contribution in [0.15, 0.2) is 36.8 Å². The maximum absolute atomic E-state index is 10.2. The van der Waals surface area contributed by atoms with Gasteiger partial charge in [-0.3, -0.25) is 10.1 Å². The summed E-state index contributed by atoms with van der Waals surface area (Å²) in [5, 5.41) is 14.2. The van der Waals surface area contributed by atoms with Gasteiger partial charge in [0.05, 0.1) is 0 Å². The molecule has 0 aliphatic carbocycles. The Kier molecular flexibility index (Phi) is 2.40. The van der Waals surface area contributed by atoms with E-state index in [1.165, 1.54) is 6.20 Å². The zero-order chi connectivity index (χ0) is 10.7. The van der Waals surface area contributed by atoms with Gasteiger partial charge in [0, 0.05) is 29.1 Å². The SMILES string of the molecule is O=[N+]([O-])Cc1ccc(-n2cccn2)nc1. The molecule has 15 heavy (non-hydrogen) atoms. The molecule has 0 atom stereocenters. The molecule has 0 aliphatic rings. The van der Waals surface area contributed by atoms with Crippen molar-refractivity contribution in [3.8, 4) is 5.82 Å². The second-order valence-electron chi connectivity index (χ2n) is 2.97. The molecule has 0 unspecified atom stereocenters. The monoisotopic (exact) mass is 204 g/mol. The maximum atomic E-state index is 10.2. The van der Waals surface area contributed by atoms with Gasteiger partial charge in [0.2, 0.25) is 6.54 Å². The number of nitrogens with zero attached hydrogens (tertiary/aromatic N) is 4. The smallest absolute Gasteiger partial charge is 0.230 e. The van der Waals surface area contributed by atoms with Gasteiger partial charge in [-0.05, 0) is 18.2 Å². The molecule has 0 radical (unpaired) electrons. The lowest BCUT2D eigenvalue weighted by molar-refractivity contribution is -0.496. The van der Waals surface area contributed by atoms with Gasteiger partial charge in [0.15, 0.2) is 5.82 Å². The zero-order valence-corrected chi connectivity index (χ0v) is 7.78. The molecule has 0 amide bonds. The van der Waals surface area contributed by atoms with Crippen molar-refractivity contribution in [3.05, 3.63) is 52.5 Å². The Morgan fingerprint density at radius 3 is 2.87 bits per heavy atom. The number of aromatic nitrogens is 3. The standard InChI is InChI=1S/C9H8N4O2/c14-13(15)7-8-2-3-9(10-6-8)12-5-1-4-11-12/h1-6H,7H2. The van der Waals surface area contributed by atoms with E-state index in [4.69, 9.17) is 0 Å². The minimum atomic E-state index is -0.384. The minimum Gasteiger partial charge on any atom is -0.264 e. The first kappa shape index (κ1) is 9.32. The Balaban J connectivity index is 2.21. The summed E-state index contributed by atoms with van der Waals surface area (Å²) in [6.07, 6.45) is 4.89. The molecule has 2 aromatic heterocycles. The average molecular weight is 204 g/mol. The molecule has 0 bridgehead atoms. The largest absolute Gasteiger partial charge is 0.264 e. The van der Waals surface area contributed by atoms with Crippen LogP contribution >= 0.6 is 0 Å². The quantitative estimate of drug-likeness (QED) is 0.553. The third-order valence-electron chi connectivity index (χ3n) is 1.86. The summed E-state index contributed by atoms with van der Waals surface area (Å²) in [6.45, 7) is -0.202. The first-order chi connectivity index (χ1) is 7.25. The summed E-state index contributed by atoms with van der Waals surface area (Å²) in [5.74, 6) is 0.645. The molecule has 2 aromatic rings. The van der Waals surface area contributed by atoms with Gasteiger partial charge < -0.3 is 0 Å². The first-order valence-electron chi connectivity index (χ1n) is 4.32. The molecule has 0 aromatic carbocycles. The van der Waals surface area contributed by atoms with Crippen molar-refractivity contribution >= 4 is 0 Å². The molecule has 0 aliphatic heterocycles. The van der Waals surface area contributed by atoms with Crippen LogP contribution in [0.2, 0.25) is 0 Å². The van der Waals surface area contributed by atoms with Crippen LogP contribution < -0.4 is 0 Å². The van der Waals surface area contributed by atoms with Crippen LogP contribution in [0.5, 0.6) is 0 Å². The third-order valence-corrected chi connectivity index (χ3v) is 1.86. The van der Waals surface area contributed by atoms with Crippen molar-refractivity contribution < 1.29 is 4.92 Å². The Bertz CT molecular complexity index is 449. The molecule has 76 valence electrons. The summed E-state index contributed by atoms with van der Waals surface area (Å²) in [5.41, 5.74) is 0.580. The predicted molar refractivity (Wildman–Crippen MR) is 52.1 cm³/mol. The number of hydrogen-bond acceptors (Lipinski definition) is 4. The first-order valence-corrected chi connectivity index (χ1v) is 4.32.